The van der Waals surface area contributed by atoms with Crippen LogP contribution in [-0.2, 0) is 14.8 Å². The standard InChI is InChI=1S/C18H17F3N2O6S/c1-28-12-5-8-15(14(9-12)17(25)29-2)23-30(26,27)13-6-3-11(4-7-13)16(24)22-10-18(19,20)21/h3-9,23H,10H2,1-2H3,(H,22,24). The van der Waals surface area contributed by atoms with Gasteiger partial charge in [0, 0.05) is 5.56 Å². The Balaban J connectivity index is 2.24. The molecule has 2 aromatic carbocycles. The highest BCUT2D eigenvalue weighted by Gasteiger charge is 2.28. The lowest BCUT2D eigenvalue weighted by atomic mass is 10.2. The van der Waals surface area contributed by atoms with E-state index >= 15 is 0 Å². The molecule has 0 bridgehead atoms. The number of rotatable bonds is 7. The van der Waals surface area contributed by atoms with E-state index in [2.05, 4.69) is 9.46 Å². The van der Waals surface area contributed by atoms with Crippen LogP contribution in [0.5, 0.6) is 5.75 Å². The number of benzene rings is 2. The van der Waals surface area contributed by atoms with Crippen molar-refractivity contribution in [2.24, 2.45) is 0 Å². The summed E-state index contributed by atoms with van der Waals surface area (Å²) in [4.78, 5) is 23.4. The molecule has 0 heterocycles. The van der Waals surface area contributed by atoms with Gasteiger partial charge in [0.2, 0.25) is 0 Å². The van der Waals surface area contributed by atoms with Crippen LogP contribution >= 0.6 is 0 Å². The number of anilines is 1. The van der Waals surface area contributed by atoms with E-state index in [1.165, 1.54) is 25.3 Å². The maximum atomic E-state index is 12.6. The third kappa shape index (κ3) is 5.86. The number of carbonyl (C=O) groups is 2. The predicted molar refractivity (Wildman–Crippen MR) is 100.0 cm³/mol. The normalized spacial score (nSPS) is 11.5. The fourth-order valence-corrected chi connectivity index (χ4v) is 3.37. The van der Waals surface area contributed by atoms with Crippen LogP contribution in [0.1, 0.15) is 20.7 Å². The number of alkyl halides is 3. The number of carbonyl (C=O) groups excluding carboxylic acids is 2. The van der Waals surface area contributed by atoms with Crippen LogP contribution in [0.15, 0.2) is 47.4 Å². The molecule has 162 valence electrons. The summed E-state index contributed by atoms with van der Waals surface area (Å²) in [5.41, 5.74) is -0.323. The second kappa shape index (κ2) is 9.03. The average Bonchev–Trinajstić information content (AvgIpc) is 2.71. The third-order valence-corrected chi connectivity index (χ3v) is 5.13. The summed E-state index contributed by atoms with van der Waals surface area (Å²) in [7, 11) is -1.69. The van der Waals surface area contributed by atoms with Gasteiger partial charge in [0.1, 0.15) is 12.3 Å². The molecule has 0 saturated carbocycles. The van der Waals surface area contributed by atoms with Crippen molar-refractivity contribution < 1.29 is 40.7 Å². The van der Waals surface area contributed by atoms with Crippen LogP contribution in [-0.4, -0.2) is 47.2 Å². The minimum Gasteiger partial charge on any atom is -0.497 e. The van der Waals surface area contributed by atoms with Crippen molar-refractivity contribution in [1.82, 2.24) is 5.32 Å². The Labute approximate surface area is 170 Å². The second-order valence-electron chi connectivity index (χ2n) is 5.83. The fourth-order valence-electron chi connectivity index (χ4n) is 2.29. The molecule has 0 saturated heterocycles. The number of hydrogen-bond donors (Lipinski definition) is 2. The van der Waals surface area contributed by atoms with Crippen molar-refractivity contribution in [3.8, 4) is 5.75 Å². The zero-order valence-electron chi connectivity index (χ0n) is 15.7. The Bertz CT molecular complexity index is 1040. The number of ether oxygens (including phenoxy) is 2. The Morgan fingerprint density at radius 3 is 2.20 bits per heavy atom. The van der Waals surface area contributed by atoms with Crippen LogP contribution in [0.4, 0.5) is 18.9 Å². The molecule has 0 aliphatic rings. The molecule has 0 aliphatic carbocycles. The Morgan fingerprint density at radius 1 is 1.03 bits per heavy atom. The Morgan fingerprint density at radius 2 is 1.67 bits per heavy atom. The number of amides is 1. The number of halogens is 3. The topological polar surface area (TPSA) is 111 Å². The number of sulfonamides is 1. The maximum absolute atomic E-state index is 12.6. The highest BCUT2D eigenvalue weighted by molar-refractivity contribution is 7.92. The number of nitrogens with one attached hydrogen (secondary N) is 2. The molecule has 8 nitrogen and oxygen atoms in total. The molecule has 12 heteroatoms. The van der Waals surface area contributed by atoms with E-state index in [-0.39, 0.29) is 21.7 Å². The summed E-state index contributed by atoms with van der Waals surface area (Å²) in [6.45, 7) is -1.51. The van der Waals surface area contributed by atoms with Crippen molar-refractivity contribution in [3.63, 3.8) is 0 Å². The Kier molecular flexibility index (Phi) is 6.92. The molecular weight excluding hydrogens is 429 g/mol. The average molecular weight is 446 g/mol. The van der Waals surface area contributed by atoms with Gasteiger partial charge in [-0.2, -0.15) is 13.2 Å². The van der Waals surface area contributed by atoms with E-state index in [9.17, 15) is 31.2 Å². The van der Waals surface area contributed by atoms with Crippen LogP contribution in [0.25, 0.3) is 0 Å². The van der Waals surface area contributed by atoms with Gasteiger partial charge >= 0.3 is 12.1 Å². The Hall–Kier alpha value is -3.28. The van der Waals surface area contributed by atoms with E-state index in [1.807, 2.05) is 0 Å². The zero-order chi connectivity index (χ0) is 22.5. The molecule has 0 spiro atoms. The molecule has 0 aliphatic heterocycles. The first kappa shape index (κ1) is 23.0. The van der Waals surface area contributed by atoms with Crippen LogP contribution in [0.2, 0.25) is 0 Å². The molecule has 30 heavy (non-hydrogen) atoms. The van der Waals surface area contributed by atoms with Crippen molar-refractivity contribution in [1.29, 1.82) is 0 Å². The fraction of sp³-hybridized carbons (Fsp3) is 0.222. The number of esters is 1. The van der Waals surface area contributed by atoms with Crippen molar-refractivity contribution >= 4 is 27.6 Å². The largest absolute Gasteiger partial charge is 0.497 e. The van der Waals surface area contributed by atoms with Gasteiger partial charge in [0.15, 0.2) is 0 Å². The van der Waals surface area contributed by atoms with E-state index < -0.39 is 34.6 Å². The van der Waals surface area contributed by atoms with Crippen molar-refractivity contribution in [2.75, 3.05) is 25.5 Å². The molecule has 0 atom stereocenters. The minimum atomic E-state index is -4.57. The summed E-state index contributed by atoms with van der Waals surface area (Å²) < 4.78 is 73.6. The van der Waals surface area contributed by atoms with E-state index in [1.54, 1.807) is 5.32 Å². The van der Waals surface area contributed by atoms with Gasteiger partial charge in [-0.3, -0.25) is 9.52 Å². The molecular formula is C18H17F3N2O6S. The first-order valence-electron chi connectivity index (χ1n) is 8.21. The smallest absolute Gasteiger partial charge is 0.405 e. The zero-order valence-corrected chi connectivity index (χ0v) is 16.6. The molecule has 0 fully saturated rings. The van der Waals surface area contributed by atoms with Crippen LogP contribution < -0.4 is 14.8 Å². The lowest BCUT2D eigenvalue weighted by Gasteiger charge is -2.13. The van der Waals surface area contributed by atoms with E-state index in [4.69, 9.17) is 4.74 Å². The maximum Gasteiger partial charge on any atom is 0.405 e. The molecule has 1 amide bonds. The second-order valence-corrected chi connectivity index (χ2v) is 7.51. The van der Waals surface area contributed by atoms with E-state index in [0.717, 1.165) is 31.4 Å². The van der Waals surface area contributed by atoms with Crippen molar-refractivity contribution in [3.05, 3.63) is 53.6 Å². The minimum absolute atomic E-state index is 0.0744. The van der Waals surface area contributed by atoms with Crippen LogP contribution in [0, 0.1) is 0 Å². The first-order valence-corrected chi connectivity index (χ1v) is 9.69. The highest BCUT2D eigenvalue weighted by Crippen LogP contribution is 2.25. The lowest BCUT2D eigenvalue weighted by Crippen LogP contribution is -2.33. The summed E-state index contributed by atoms with van der Waals surface area (Å²) in [5, 5.41) is 1.68. The quantitative estimate of drug-likeness (QED) is 0.633. The highest BCUT2D eigenvalue weighted by atomic mass is 32.2. The molecule has 2 aromatic rings. The lowest BCUT2D eigenvalue weighted by molar-refractivity contribution is -0.123. The predicted octanol–water partition coefficient (Wildman–Crippen LogP) is 2.57. The van der Waals surface area contributed by atoms with Gasteiger partial charge < -0.3 is 14.8 Å². The SMILES string of the molecule is COC(=O)c1cc(OC)ccc1NS(=O)(=O)c1ccc(C(=O)NCC(F)(F)F)cc1. The number of methoxy groups -OCH3 is 2. The molecule has 0 radical (unpaired) electrons. The van der Waals surface area contributed by atoms with Gasteiger partial charge in [-0.15, -0.1) is 0 Å². The monoisotopic (exact) mass is 446 g/mol. The van der Waals surface area contributed by atoms with Gasteiger partial charge in [-0.25, -0.2) is 13.2 Å². The van der Waals surface area contributed by atoms with Gasteiger partial charge in [-0.1, -0.05) is 0 Å². The summed E-state index contributed by atoms with van der Waals surface area (Å²) in [6.07, 6.45) is -4.57. The van der Waals surface area contributed by atoms with E-state index in [0.29, 0.717) is 5.75 Å². The van der Waals surface area contributed by atoms with Crippen molar-refractivity contribution in [2.45, 2.75) is 11.1 Å². The molecule has 0 unspecified atom stereocenters. The molecule has 2 N–H and O–H groups in total. The molecule has 2 rings (SSSR count). The third-order valence-electron chi connectivity index (χ3n) is 3.75. The summed E-state index contributed by atoms with van der Waals surface area (Å²) in [6, 6.07) is 8.25. The van der Waals surface area contributed by atoms with Gasteiger partial charge in [0.25, 0.3) is 15.9 Å². The number of hydrogen-bond acceptors (Lipinski definition) is 6. The van der Waals surface area contributed by atoms with Gasteiger partial charge in [-0.05, 0) is 42.5 Å². The van der Waals surface area contributed by atoms with Gasteiger partial charge in [0.05, 0.1) is 30.4 Å². The molecule has 0 aromatic heterocycles. The summed E-state index contributed by atoms with van der Waals surface area (Å²) in [5.74, 6) is -1.51. The first-order chi connectivity index (χ1) is 14.0. The van der Waals surface area contributed by atoms with Crippen LogP contribution in [0.3, 0.4) is 0 Å². The summed E-state index contributed by atoms with van der Waals surface area (Å²) >= 11 is 0.